The highest BCUT2D eigenvalue weighted by atomic mass is 16.5. The Kier molecular flexibility index (Phi) is 1.60. The Morgan fingerprint density at radius 2 is 2.23 bits per heavy atom. The van der Waals surface area contributed by atoms with Gasteiger partial charge in [-0.25, -0.2) is 0 Å². The Morgan fingerprint density at radius 1 is 1.38 bits per heavy atom. The van der Waals surface area contributed by atoms with Crippen molar-refractivity contribution in [2.45, 2.75) is 31.0 Å². The summed E-state index contributed by atoms with van der Waals surface area (Å²) in [5.74, 6) is 0.249. The molecule has 0 aromatic heterocycles. The first-order valence-corrected chi connectivity index (χ1v) is 4.99. The van der Waals surface area contributed by atoms with Crippen molar-refractivity contribution in [1.29, 1.82) is 0 Å². The van der Waals surface area contributed by atoms with E-state index in [2.05, 4.69) is 5.32 Å². The zero-order valence-corrected chi connectivity index (χ0v) is 7.53. The van der Waals surface area contributed by atoms with Crippen molar-refractivity contribution < 1.29 is 9.53 Å². The molecule has 0 radical (unpaired) electrons. The van der Waals surface area contributed by atoms with Crippen molar-refractivity contribution in [1.82, 2.24) is 10.2 Å². The van der Waals surface area contributed by atoms with Crippen molar-refractivity contribution in [2.75, 3.05) is 19.8 Å². The molecule has 2 bridgehead atoms. The van der Waals surface area contributed by atoms with Crippen LogP contribution in [0.3, 0.4) is 0 Å². The van der Waals surface area contributed by atoms with Crippen molar-refractivity contribution in [2.24, 2.45) is 0 Å². The number of carbonyl (C=O) groups is 1. The van der Waals surface area contributed by atoms with E-state index >= 15 is 0 Å². The van der Waals surface area contributed by atoms with Crippen LogP contribution in [-0.4, -0.2) is 48.7 Å². The monoisotopic (exact) mass is 182 g/mol. The smallest absolute Gasteiger partial charge is 0.242 e. The van der Waals surface area contributed by atoms with E-state index in [0.717, 1.165) is 13.2 Å². The van der Waals surface area contributed by atoms with Crippen molar-refractivity contribution in [3.63, 3.8) is 0 Å². The number of morpholine rings is 1. The van der Waals surface area contributed by atoms with E-state index in [1.165, 1.54) is 12.8 Å². The third kappa shape index (κ3) is 1.25. The average molecular weight is 182 g/mol. The van der Waals surface area contributed by atoms with Gasteiger partial charge in [0.25, 0.3) is 0 Å². The van der Waals surface area contributed by atoms with Gasteiger partial charge in [-0.15, -0.1) is 0 Å². The van der Waals surface area contributed by atoms with E-state index in [1.54, 1.807) is 0 Å². The minimum Gasteiger partial charge on any atom is -0.378 e. The van der Waals surface area contributed by atoms with Gasteiger partial charge in [-0.1, -0.05) is 0 Å². The molecule has 3 fully saturated rings. The van der Waals surface area contributed by atoms with Crippen LogP contribution in [0.15, 0.2) is 0 Å². The molecule has 1 N–H and O–H groups in total. The number of fused-ring (bicyclic) bond motifs is 2. The fourth-order valence-electron chi connectivity index (χ4n) is 2.20. The number of hydrogen-bond donors (Lipinski definition) is 1. The Balaban J connectivity index is 1.78. The molecule has 4 heteroatoms. The molecule has 0 aromatic carbocycles. The van der Waals surface area contributed by atoms with Gasteiger partial charge in [0.05, 0.1) is 13.2 Å². The summed E-state index contributed by atoms with van der Waals surface area (Å²) in [5.41, 5.74) is 0. The van der Waals surface area contributed by atoms with E-state index in [-0.39, 0.29) is 11.9 Å². The molecule has 2 unspecified atom stereocenters. The zero-order chi connectivity index (χ0) is 8.84. The first-order chi connectivity index (χ1) is 6.34. The molecule has 2 saturated heterocycles. The van der Waals surface area contributed by atoms with Gasteiger partial charge >= 0.3 is 0 Å². The first kappa shape index (κ1) is 7.76. The van der Waals surface area contributed by atoms with Crippen LogP contribution in [-0.2, 0) is 9.53 Å². The quantitative estimate of drug-likeness (QED) is 0.586. The van der Waals surface area contributed by atoms with Crippen LogP contribution in [0.25, 0.3) is 0 Å². The number of carbonyl (C=O) groups excluding carboxylic acids is 1. The lowest BCUT2D eigenvalue weighted by atomic mass is 10.1. The molecular weight excluding hydrogens is 168 g/mol. The molecule has 13 heavy (non-hydrogen) atoms. The standard InChI is InChI=1S/C9H14N2O2/c12-9-8-5-13-4-6(10-8)3-11(9)7-1-2-7/h6-8,10H,1-5H2. The Morgan fingerprint density at radius 3 is 3.00 bits per heavy atom. The van der Waals surface area contributed by atoms with Gasteiger partial charge in [0.15, 0.2) is 0 Å². The number of rotatable bonds is 1. The van der Waals surface area contributed by atoms with E-state index in [0.29, 0.717) is 18.7 Å². The average Bonchev–Trinajstić information content (AvgIpc) is 2.95. The predicted octanol–water partition coefficient (Wildman–Crippen LogP) is -0.652. The highest BCUT2D eigenvalue weighted by Gasteiger charge is 2.42. The maximum absolute atomic E-state index is 11.8. The summed E-state index contributed by atoms with van der Waals surface area (Å²) >= 11 is 0. The van der Waals surface area contributed by atoms with Crippen LogP contribution >= 0.6 is 0 Å². The summed E-state index contributed by atoms with van der Waals surface area (Å²) in [6.45, 7) is 2.16. The van der Waals surface area contributed by atoms with Crippen LogP contribution in [0.2, 0.25) is 0 Å². The second-order valence-electron chi connectivity index (χ2n) is 4.18. The molecule has 3 rings (SSSR count). The molecule has 0 spiro atoms. The Hall–Kier alpha value is -0.610. The van der Waals surface area contributed by atoms with Crippen LogP contribution < -0.4 is 5.32 Å². The van der Waals surface area contributed by atoms with Gasteiger partial charge in [-0.3, -0.25) is 10.1 Å². The normalized spacial score (nSPS) is 39.4. The van der Waals surface area contributed by atoms with Gasteiger partial charge in [0.1, 0.15) is 6.04 Å². The van der Waals surface area contributed by atoms with E-state index < -0.39 is 0 Å². The lowest BCUT2D eigenvalue weighted by Crippen LogP contribution is -2.66. The van der Waals surface area contributed by atoms with Crippen LogP contribution in [0, 0.1) is 0 Å². The van der Waals surface area contributed by atoms with E-state index in [9.17, 15) is 4.79 Å². The van der Waals surface area contributed by atoms with Gasteiger partial charge in [-0.05, 0) is 12.8 Å². The number of ether oxygens (including phenoxy) is 1. The van der Waals surface area contributed by atoms with Gasteiger partial charge in [-0.2, -0.15) is 0 Å². The number of piperazine rings is 1. The molecule has 4 nitrogen and oxygen atoms in total. The van der Waals surface area contributed by atoms with Crippen LogP contribution in [0.5, 0.6) is 0 Å². The zero-order valence-electron chi connectivity index (χ0n) is 7.53. The molecule has 1 amide bonds. The second kappa shape index (κ2) is 2.69. The van der Waals surface area contributed by atoms with E-state index in [1.807, 2.05) is 4.90 Å². The van der Waals surface area contributed by atoms with Crippen molar-refractivity contribution in [3.05, 3.63) is 0 Å². The lowest BCUT2D eigenvalue weighted by Gasteiger charge is -2.41. The molecular formula is C9H14N2O2. The summed E-state index contributed by atoms with van der Waals surface area (Å²) in [7, 11) is 0. The molecule has 1 aliphatic carbocycles. The maximum atomic E-state index is 11.8. The topological polar surface area (TPSA) is 41.6 Å². The minimum atomic E-state index is -0.0619. The molecule has 2 atom stereocenters. The first-order valence-electron chi connectivity index (χ1n) is 4.99. The predicted molar refractivity (Wildman–Crippen MR) is 46.3 cm³/mol. The third-order valence-electron chi connectivity index (χ3n) is 3.03. The lowest BCUT2D eigenvalue weighted by molar-refractivity contribution is -0.144. The number of amides is 1. The van der Waals surface area contributed by atoms with Crippen molar-refractivity contribution in [3.8, 4) is 0 Å². The highest BCUT2D eigenvalue weighted by Crippen LogP contribution is 2.29. The summed E-state index contributed by atoms with van der Waals surface area (Å²) in [4.78, 5) is 13.9. The van der Waals surface area contributed by atoms with Gasteiger partial charge in [0, 0.05) is 18.6 Å². The Labute approximate surface area is 77.2 Å². The second-order valence-corrected chi connectivity index (χ2v) is 4.18. The number of nitrogens with one attached hydrogen (secondary N) is 1. The summed E-state index contributed by atoms with van der Waals surface area (Å²) < 4.78 is 5.35. The fraction of sp³-hybridized carbons (Fsp3) is 0.889. The SMILES string of the molecule is O=C1C2COCC(CN1C1CC1)N2. The largest absolute Gasteiger partial charge is 0.378 e. The van der Waals surface area contributed by atoms with Crippen LogP contribution in [0.4, 0.5) is 0 Å². The summed E-state index contributed by atoms with van der Waals surface area (Å²) in [6, 6.07) is 0.864. The highest BCUT2D eigenvalue weighted by molar-refractivity contribution is 5.83. The van der Waals surface area contributed by atoms with Gasteiger partial charge < -0.3 is 9.64 Å². The van der Waals surface area contributed by atoms with E-state index in [4.69, 9.17) is 4.74 Å². The van der Waals surface area contributed by atoms with Crippen molar-refractivity contribution >= 4 is 5.91 Å². The van der Waals surface area contributed by atoms with Gasteiger partial charge in [0.2, 0.25) is 5.91 Å². The molecule has 0 aromatic rings. The summed E-state index contributed by atoms with van der Waals surface area (Å²) in [5, 5.41) is 3.30. The fourth-order valence-corrected chi connectivity index (χ4v) is 2.20. The third-order valence-corrected chi connectivity index (χ3v) is 3.03. The molecule has 1 saturated carbocycles. The summed E-state index contributed by atoms with van der Waals surface area (Å²) in [6.07, 6.45) is 2.40. The molecule has 2 heterocycles. The molecule has 3 aliphatic rings. The van der Waals surface area contributed by atoms with Crippen LogP contribution in [0.1, 0.15) is 12.8 Å². The minimum absolute atomic E-state index is 0.0619. The number of hydrogen-bond acceptors (Lipinski definition) is 3. The maximum Gasteiger partial charge on any atom is 0.242 e. The molecule has 2 aliphatic heterocycles. The molecule has 72 valence electrons. The number of nitrogens with zero attached hydrogens (tertiary/aromatic N) is 1. The Bertz CT molecular complexity index is 240.